The Morgan fingerprint density at radius 3 is 2.54 bits per heavy atom. The maximum absolute atomic E-state index is 11.8. The molecule has 0 bridgehead atoms. The van der Waals surface area contributed by atoms with Crippen LogP contribution in [0, 0.1) is 0 Å². The summed E-state index contributed by atoms with van der Waals surface area (Å²) in [6.07, 6.45) is 0.430. The van der Waals surface area contributed by atoms with Crippen LogP contribution in [-0.4, -0.2) is 62.7 Å². The smallest absolute Gasteiger partial charge is 0.335 e. The molecule has 0 heterocycles. The fourth-order valence-electron chi connectivity index (χ4n) is 2.00. The van der Waals surface area contributed by atoms with Crippen LogP contribution in [0.3, 0.4) is 0 Å². The van der Waals surface area contributed by atoms with Crippen molar-refractivity contribution in [3.63, 3.8) is 0 Å². The lowest BCUT2D eigenvalue weighted by Gasteiger charge is -2.15. The first-order valence-electron chi connectivity index (χ1n) is 7.32. The van der Waals surface area contributed by atoms with Crippen molar-refractivity contribution < 1.29 is 27.9 Å². The molecule has 0 aliphatic heterocycles. The number of carboxylic acids is 1. The van der Waals surface area contributed by atoms with E-state index in [9.17, 15) is 18.0 Å². The number of methoxy groups -OCH3 is 1. The number of hydrogen-bond acceptors (Lipinski definition) is 5. The van der Waals surface area contributed by atoms with Crippen LogP contribution in [-0.2, 0) is 21.2 Å². The van der Waals surface area contributed by atoms with E-state index >= 15 is 0 Å². The van der Waals surface area contributed by atoms with Crippen molar-refractivity contribution in [3.8, 4) is 5.75 Å². The highest BCUT2D eigenvalue weighted by atomic mass is 32.2. The molecule has 1 aromatic rings. The number of aromatic carboxylic acids is 1. The van der Waals surface area contributed by atoms with Crippen LogP contribution in [0.15, 0.2) is 18.2 Å². The van der Waals surface area contributed by atoms with E-state index < -0.39 is 21.9 Å². The number of rotatable bonds is 9. The van der Waals surface area contributed by atoms with Gasteiger partial charge in [-0.3, -0.25) is 4.79 Å². The van der Waals surface area contributed by atoms with Crippen LogP contribution in [0.5, 0.6) is 5.75 Å². The highest BCUT2D eigenvalue weighted by Gasteiger charge is 2.18. The molecule has 0 saturated heterocycles. The number of nitrogens with one attached hydrogen (secondary N) is 1. The van der Waals surface area contributed by atoms with Gasteiger partial charge in [0.05, 0.1) is 25.0 Å². The number of likely N-dealkylation sites (N-methyl/N-ethyl adjacent to an activating group) is 1. The average Bonchev–Trinajstić information content (AvgIpc) is 2.54. The third-order valence-corrected chi connectivity index (χ3v) is 5.26. The maximum atomic E-state index is 11.8. The van der Waals surface area contributed by atoms with E-state index in [4.69, 9.17) is 9.84 Å². The summed E-state index contributed by atoms with van der Waals surface area (Å²) in [5.74, 6) is -1.09. The first kappa shape index (κ1) is 19.9. The minimum atomic E-state index is -3.40. The molecule has 1 amide bonds. The molecular formula is C15H22N2O6S. The van der Waals surface area contributed by atoms with Crippen LogP contribution >= 0.6 is 0 Å². The van der Waals surface area contributed by atoms with Crippen LogP contribution in [0.4, 0.5) is 0 Å². The molecule has 0 aliphatic rings. The molecule has 1 aromatic carbocycles. The lowest BCUT2D eigenvalue weighted by Crippen LogP contribution is -2.39. The largest absolute Gasteiger partial charge is 0.496 e. The Hall–Kier alpha value is -2.13. The maximum Gasteiger partial charge on any atom is 0.335 e. The molecule has 0 spiro atoms. The monoisotopic (exact) mass is 358 g/mol. The van der Waals surface area contributed by atoms with E-state index in [1.807, 2.05) is 0 Å². The SMILES string of the molecule is CCS(=O)(=O)N(C)CC(=O)NCCc1ccc(C(=O)O)cc1OC. The van der Waals surface area contributed by atoms with E-state index in [-0.39, 0.29) is 24.4 Å². The van der Waals surface area contributed by atoms with Gasteiger partial charge in [0.25, 0.3) is 0 Å². The molecule has 134 valence electrons. The molecule has 2 N–H and O–H groups in total. The van der Waals surface area contributed by atoms with Crippen molar-refractivity contribution in [1.82, 2.24) is 9.62 Å². The summed E-state index contributed by atoms with van der Waals surface area (Å²) in [6, 6.07) is 4.51. The van der Waals surface area contributed by atoms with Gasteiger partial charge in [-0.15, -0.1) is 0 Å². The standard InChI is InChI=1S/C15H22N2O6S/c1-4-24(21,22)17(2)10-14(18)16-8-7-11-5-6-12(15(19)20)9-13(11)23-3/h5-6,9H,4,7-8,10H2,1-3H3,(H,16,18)(H,19,20). The second-order valence-corrected chi connectivity index (χ2v) is 7.45. The summed E-state index contributed by atoms with van der Waals surface area (Å²) in [5.41, 5.74) is 0.864. The lowest BCUT2D eigenvalue weighted by molar-refractivity contribution is -0.121. The quantitative estimate of drug-likeness (QED) is 0.658. The molecule has 0 radical (unpaired) electrons. The van der Waals surface area contributed by atoms with Crippen LogP contribution < -0.4 is 10.1 Å². The van der Waals surface area contributed by atoms with Gasteiger partial charge in [0.1, 0.15) is 5.75 Å². The van der Waals surface area contributed by atoms with Gasteiger partial charge in [-0.2, -0.15) is 4.31 Å². The molecule has 9 heteroatoms. The summed E-state index contributed by atoms with van der Waals surface area (Å²) >= 11 is 0. The van der Waals surface area contributed by atoms with E-state index in [0.29, 0.717) is 12.2 Å². The third-order valence-electron chi connectivity index (χ3n) is 3.46. The third kappa shape index (κ3) is 5.50. The first-order chi connectivity index (χ1) is 11.2. The first-order valence-corrected chi connectivity index (χ1v) is 8.93. The molecule has 1 rings (SSSR count). The van der Waals surface area contributed by atoms with Crippen molar-refractivity contribution in [2.75, 3.05) is 33.0 Å². The topological polar surface area (TPSA) is 113 Å². The number of ether oxygens (including phenoxy) is 1. The molecule has 24 heavy (non-hydrogen) atoms. The summed E-state index contributed by atoms with van der Waals surface area (Å²) < 4.78 is 29.3. The highest BCUT2D eigenvalue weighted by Crippen LogP contribution is 2.20. The van der Waals surface area contributed by atoms with Crippen molar-refractivity contribution >= 4 is 21.9 Å². The van der Waals surface area contributed by atoms with E-state index in [2.05, 4.69) is 5.32 Å². The van der Waals surface area contributed by atoms with Gasteiger partial charge in [-0.1, -0.05) is 6.07 Å². The van der Waals surface area contributed by atoms with Gasteiger partial charge in [-0.05, 0) is 31.0 Å². The van der Waals surface area contributed by atoms with Gasteiger partial charge < -0.3 is 15.2 Å². The number of benzene rings is 1. The Bertz CT molecular complexity index is 702. The summed E-state index contributed by atoms with van der Waals surface area (Å²) in [4.78, 5) is 22.7. The van der Waals surface area contributed by atoms with Gasteiger partial charge in [0.15, 0.2) is 0 Å². The summed E-state index contributed by atoms with van der Waals surface area (Å²) in [5, 5.41) is 11.6. The minimum Gasteiger partial charge on any atom is -0.496 e. The zero-order valence-corrected chi connectivity index (χ0v) is 14.7. The van der Waals surface area contributed by atoms with Gasteiger partial charge in [-0.25, -0.2) is 13.2 Å². The Kier molecular flexibility index (Phi) is 7.18. The number of hydrogen-bond donors (Lipinski definition) is 2. The molecule has 0 aromatic heterocycles. The van der Waals surface area contributed by atoms with Crippen LogP contribution in [0.1, 0.15) is 22.8 Å². The van der Waals surface area contributed by atoms with Crippen LogP contribution in [0.25, 0.3) is 0 Å². The molecular weight excluding hydrogens is 336 g/mol. The lowest BCUT2D eigenvalue weighted by atomic mass is 10.1. The van der Waals surface area contributed by atoms with E-state index in [1.165, 1.54) is 33.2 Å². The van der Waals surface area contributed by atoms with Crippen LogP contribution in [0.2, 0.25) is 0 Å². The normalized spacial score (nSPS) is 11.3. The Morgan fingerprint density at radius 2 is 2.00 bits per heavy atom. The van der Waals surface area contributed by atoms with Crippen molar-refractivity contribution in [3.05, 3.63) is 29.3 Å². The highest BCUT2D eigenvalue weighted by molar-refractivity contribution is 7.89. The predicted molar refractivity (Wildman–Crippen MR) is 88.8 cm³/mol. The minimum absolute atomic E-state index is 0.0656. The fourth-order valence-corrected chi connectivity index (χ4v) is 2.75. The molecule has 0 unspecified atom stereocenters. The molecule has 8 nitrogen and oxygen atoms in total. The van der Waals surface area contributed by atoms with Crippen molar-refractivity contribution in [2.45, 2.75) is 13.3 Å². The molecule has 0 aliphatic carbocycles. The second kappa shape index (κ2) is 8.65. The Balaban J connectivity index is 2.59. The number of carbonyl (C=O) groups is 2. The number of amides is 1. The van der Waals surface area contributed by atoms with E-state index in [1.54, 1.807) is 6.07 Å². The van der Waals surface area contributed by atoms with E-state index in [0.717, 1.165) is 9.87 Å². The predicted octanol–water partition coefficient (Wildman–Crippen LogP) is 0.334. The zero-order valence-electron chi connectivity index (χ0n) is 13.9. The number of carbonyl (C=O) groups excluding carboxylic acids is 1. The van der Waals surface area contributed by atoms with Gasteiger partial charge >= 0.3 is 5.97 Å². The van der Waals surface area contributed by atoms with Crippen molar-refractivity contribution in [2.24, 2.45) is 0 Å². The summed E-state index contributed by atoms with van der Waals surface area (Å²) in [6.45, 7) is 1.55. The number of nitrogens with zero attached hydrogens (tertiary/aromatic N) is 1. The molecule has 0 atom stereocenters. The second-order valence-electron chi connectivity index (χ2n) is 5.09. The van der Waals surface area contributed by atoms with Crippen molar-refractivity contribution in [1.29, 1.82) is 0 Å². The summed E-state index contributed by atoms with van der Waals surface area (Å²) in [7, 11) is -0.606. The molecule has 0 saturated carbocycles. The Labute approximate surface area is 141 Å². The van der Waals surface area contributed by atoms with Gasteiger partial charge in [0.2, 0.25) is 15.9 Å². The zero-order chi connectivity index (χ0) is 18.3. The fraction of sp³-hybridized carbons (Fsp3) is 0.467. The Morgan fingerprint density at radius 1 is 1.33 bits per heavy atom. The van der Waals surface area contributed by atoms with Gasteiger partial charge in [0, 0.05) is 13.6 Å². The number of sulfonamides is 1. The molecule has 0 fully saturated rings. The average molecular weight is 358 g/mol. The number of carboxylic acid groups (broad SMARTS) is 1.